The van der Waals surface area contributed by atoms with Crippen LogP contribution in [-0.4, -0.2) is 26.4 Å². The topological polar surface area (TPSA) is 41.4 Å². The van der Waals surface area contributed by atoms with Gasteiger partial charge in [-0.1, -0.05) is 24.3 Å². The SMILES string of the molecule is CC[NH2+]C1C=C2Oc3cc(N(C)C)c(C)cc3N=C2c2ccccc21. The standard InChI is InChI=1S/C21H23N3O/c1-5-22-16-11-20-21(15-9-7-6-8-14(15)16)23-17-10-13(2)18(24(3)4)12-19(17)25-20/h6-12,16,22H,5H2,1-4H3/p+1. The van der Waals surface area contributed by atoms with Gasteiger partial charge in [0.1, 0.15) is 17.4 Å². The summed E-state index contributed by atoms with van der Waals surface area (Å²) >= 11 is 0. The van der Waals surface area contributed by atoms with Crippen molar-refractivity contribution in [1.29, 1.82) is 0 Å². The molecule has 2 N–H and O–H groups in total. The molecule has 4 nitrogen and oxygen atoms in total. The molecule has 2 aliphatic rings. The number of rotatable bonds is 3. The molecule has 0 aromatic heterocycles. The Bertz CT molecular complexity index is 896. The van der Waals surface area contributed by atoms with Crippen LogP contribution in [0.3, 0.4) is 0 Å². The van der Waals surface area contributed by atoms with Crippen molar-refractivity contribution in [2.75, 3.05) is 25.5 Å². The molecule has 1 aliphatic carbocycles. The van der Waals surface area contributed by atoms with E-state index in [0.717, 1.165) is 35.1 Å². The Morgan fingerprint density at radius 1 is 1.20 bits per heavy atom. The molecule has 0 fully saturated rings. The van der Waals surface area contributed by atoms with Gasteiger partial charge in [-0.05, 0) is 25.5 Å². The molecule has 2 aromatic rings. The summed E-state index contributed by atoms with van der Waals surface area (Å²) < 4.78 is 6.30. The van der Waals surface area contributed by atoms with E-state index in [0.29, 0.717) is 0 Å². The summed E-state index contributed by atoms with van der Waals surface area (Å²) in [6.07, 6.45) is 2.20. The summed E-state index contributed by atoms with van der Waals surface area (Å²) in [5.74, 6) is 1.70. The Labute approximate surface area is 148 Å². The Balaban J connectivity index is 1.87. The maximum atomic E-state index is 6.30. The second kappa shape index (κ2) is 6.05. The van der Waals surface area contributed by atoms with Crippen LogP contribution in [0.1, 0.15) is 29.7 Å². The molecule has 0 amide bonds. The van der Waals surface area contributed by atoms with Crippen LogP contribution in [-0.2, 0) is 0 Å². The van der Waals surface area contributed by atoms with Gasteiger partial charge in [0.05, 0.1) is 6.54 Å². The molecule has 1 heterocycles. The maximum absolute atomic E-state index is 6.30. The zero-order valence-electron chi connectivity index (χ0n) is 15.2. The first-order valence-electron chi connectivity index (χ1n) is 8.81. The van der Waals surface area contributed by atoms with Crippen LogP contribution in [0.15, 0.2) is 53.2 Å². The minimum atomic E-state index is 0.274. The molecule has 25 heavy (non-hydrogen) atoms. The van der Waals surface area contributed by atoms with Crippen molar-refractivity contribution in [3.8, 4) is 5.75 Å². The molecular formula is C21H24N3O+. The zero-order valence-corrected chi connectivity index (χ0v) is 15.2. The number of fused-ring (bicyclic) bond motifs is 4. The Hall–Kier alpha value is -2.59. The molecule has 0 saturated carbocycles. The summed E-state index contributed by atoms with van der Waals surface area (Å²) in [6.45, 7) is 5.31. The summed E-state index contributed by atoms with van der Waals surface area (Å²) in [4.78, 5) is 7.06. The van der Waals surface area contributed by atoms with Crippen molar-refractivity contribution in [3.05, 3.63) is 64.9 Å². The molecule has 2 aromatic carbocycles. The molecule has 1 unspecified atom stereocenters. The van der Waals surface area contributed by atoms with E-state index in [1.165, 1.54) is 16.7 Å². The molecular weight excluding hydrogens is 310 g/mol. The monoisotopic (exact) mass is 334 g/mol. The third-order valence-corrected chi connectivity index (χ3v) is 4.84. The smallest absolute Gasteiger partial charge is 0.156 e. The average Bonchev–Trinajstić information content (AvgIpc) is 2.60. The van der Waals surface area contributed by atoms with Gasteiger partial charge >= 0.3 is 0 Å². The summed E-state index contributed by atoms with van der Waals surface area (Å²) in [7, 11) is 4.10. The van der Waals surface area contributed by atoms with Gasteiger partial charge in [-0.3, -0.25) is 0 Å². The highest BCUT2D eigenvalue weighted by molar-refractivity contribution is 6.15. The van der Waals surface area contributed by atoms with Gasteiger partial charge in [0, 0.05) is 43.1 Å². The third-order valence-electron chi connectivity index (χ3n) is 4.84. The fourth-order valence-corrected chi connectivity index (χ4v) is 3.67. The van der Waals surface area contributed by atoms with Crippen molar-refractivity contribution in [1.82, 2.24) is 0 Å². The molecule has 1 aliphatic heterocycles. The van der Waals surface area contributed by atoms with Crippen LogP contribution >= 0.6 is 0 Å². The van der Waals surface area contributed by atoms with Crippen LogP contribution in [0.2, 0.25) is 0 Å². The van der Waals surface area contributed by atoms with Crippen LogP contribution in [0, 0.1) is 6.92 Å². The van der Waals surface area contributed by atoms with Crippen molar-refractivity contribution in [2.24, 2.45) is 4.99 Å². The lowest BCUT2D eigenvalue weighted by Crippen LogP contribution is -2.84. The van der Waals surface area contributed by atoms with Crippen molar-refractivity contribution in [2.45, 2.75) is 19.9 Å². The van der Waals surface area contributed by atoms with Gasteiger partial charge in [0.2, 0.25) is 0 Å². The number of nitrogens with zero attached hydrogens (tertiary/aromatic N) is 2. The molecule has 4 heteroatoms. The van der Waals surface area contributed by atoms with Crippen molar-refractivity contribution >= 4 is 17.1 Å². The first-order chi connectivity index (χ1) is 12.1. The van der Waals surface area contributed by atoms with E-state index in [9.17, 15) is 0 Å². The largest absolute Gasteiger partial charge is 0.453 e. The first kappa shape index (κ1) is 15.9. The van der Waals surface area contributed by atoms with E-state index in [2.05, 4.69) is 80.6 Å². The lowest BCUT2D eigenvalue weighted by Gasteiger charge is -2.28. The molecule has 4 rings (SSSR count). The molecule has 0 bridgehead atoms. The van der Waals surface area contributed by atoms with Crippen molar-refractivity contribution < 1.29 is 10.1 Å². The molecule has 0 radical (unpaired) electrons. The van der Waals surface area contributed by atoms with Gasteiger partial charge in [-0.25, -0.2) is 4.99 Å². The fourth-order valence-electron chi connectivity index (χ4n) is 3.67. The average molecular weight is 334 g/mol. The van der Waals surface area contributed by atoms with E-state index in [1.54, 1.807) is 0 Å². The number of benzene rings is 2. The van der Waals surface area contributed by atoms with Crippen LogP contribution in [0.25, 0.3) is 0 Å². The van der Waals surface area contributed by atoms with Crippen LogP contribution in [0.5, 0.6) is 5.75 Å². The zero-order chi connectivity index (χ0) is 17.6. The Morgan fingerprint density at radius 2 is 2.00 bits per heavy atom. The predicted molar refractivity (Wildman–Crippen MR) is 102 cm³/mol. The number of aliphatic imine (C=N–C) groups is 1. The molecule has 128 valence electrons. The lowest BCUT2D eigenvalue weighted by molar-refractivity contribution is -0.683. The van der Waals surface area contributed by atoms with E-state index in [4.69, 9.17) is 9.73 Å². The van der Waals surface area contributed by atoms with E-state index >= 15 is 0 Å². The number of quaternary nitrogens is 1. The van der Waals surface area contributed by atoms with E-state index in [1.807, 2.05) is 0 Å². The minimum Gasteiger partial charge on any atom is -0.453 e. The number of anilines is 1. The van der Waals surface area contributed by atoms with Gasteiger partial charge < -0.3 is 15.0 Å². The molecule has 0 spiro atoms. The summed E-state index contributed by atoms with van der Waals surface area (Å²) in [6, 6.07) is 13.0. The number of hydrogen-bond donors (Lipinski definition) is 1. The predicted octanol–water partition coefficient (Wildman–Crippen LogP) is 3.10. The highest BCUT2D eigenvalue weighted by Gasteiger charge is 2.31. The number of aryl methyl sites for hydroxylation is 1. The second-order valence-electron chi connectivity index (χ2n) is 6.85. The van der Waals surface area contributed by atoms with Gasteiger partial charge in [0.15, 0.2) is 11.5 Å². The van der Waals surface area contributed by atoms with Crippen LogP contribution < -0.4 is 15.0 Å². The normalized spacial score (nSPS) is 17.5. The summed E-state index contributed by atoms with van der Waals surface area (Å²) in [5, 5.41) is 2.32. The first-order valence-corrected chi connectivity index (χ1v) is 8.81. The van der Waals surface area contributed by atoms with Gasteiger partial charge in [-0.2, -0.15) is 0 Å². The molecule has 1 atom stereocenters. The number of nitrogens with two attached hydrogens (primary N) is 1. The Kier molecular flexibility index (Phi) is 3.85. The number of allylic oxidation sites excluding steroid dienone is 1. The number of ether oxygens (including phenoxy) is 1. The minimum absolute atomic E-state index is 0.274. The highest BCUT2D eigenvalue weighted by atomic mass is 16.5. The fraction of sp³-hybridized carbons (Fsp3) is 0.286. The second-order valence-corrected chi connectivity index (χ2v) is 6.85. The number of likely N-dealkylation sites (N-methyl/N-ethyl adjacent to an activating group) is 1. The third kappa shape index (κ3) is 2.63. The summed E-state index contributed by atoms with van der Waals surface area (Å²) in [5.41, 5.74) is 6.69. The Morgan fingerprint density at radius 3 is 2.76 bits per heavy atom. The number of hydrogen-bond acceptors (Lipinski definition) is 3. The quantitative estimate of drug-likeness (QED) is 0.937. The maximum Gasteiger partial charge on any atom is 0.156 e. The molecule has 0 saturated heterocycles. The van der Waals surface area contributed by atoms with Gasteiger partial charge in [-0.15, -0.1) is 0 Å². The lowest BCUT2D eigenvalue weighted by atomic mass is 9.89. The van der Waals surface area contributed by atoms with Gasteiger partial charge in [0.25, 0.3) is 0 Å². The van der Waals surface area contributed by atoms with E-state index in [-0.39, 0.29) is 6.04 Å². The highest BCUT2D eigenvalue weighted by Crippen LogP contribution is 2.41. The van der Waals surface area contributed by atoms with E-state index < -0.39 is 0 Å². The van der Waals surface area contributed by atoms with Crippen LogP contribution in [0.4, 0.5) is 11.4 Å². The van der Waals surface area contributed by atoms with Crippen molar-refractivity contribution in [3.63, 3.8) is 0 Å².